The third-order valence-electron chi connectivity index (χ3n) is 3.28. The van der Waals surface area contributed by atoms with Crippen molar-refractivity contribution in [1.29, 1.82) is 0 Å². The lowest BCUT2D eigenvalue weighted by atomic mass is 10.1. The molecule has 0 heterocycles. The second-order valence-corrected chi connectivity index (χ2v) is 5.35. The number of aromatic hydroxyl groups is 1. The normalized spacial score (nSPS) is 12.1. The average molecular weight is 306 g/mol. The largest absolute Gasteiger partial charge is 0.508 e. The lowest BCUT2D eigenvalue weighted by Gasteiger charge is -2.18. The van der Waals surface area contributed by atoms with Crippen molar-refractivity contribution in [1.82, 2.24) is 5.32 Å². The number of nitrogens with one attached hydrogen (secondary N) is 1. The highest BCUT2D eigenvalue weighted by Crippen LogP contribution is 2.29. The number of hydrogen-bond acceptors (Lipinski definition) is 3. The minimum Gasteiger partial charge on any atom is -0.508 e. The third kappa shape index (κ3) is 4.38. The molecular formula is C17H20ClNO2. The van der Waals surface area contributed by atoms with Crippen molar-refractivity contribution in [2.45, 2.75) is 26.5 Å². The van der Waals surface area contributed by atoms with Crippen molar-refractivity contribution in [3.63, 3.8) is 0 Å². The van der Waals surface area contributed by atoms with Crippen LogP contribution in [0.3, 0.4) is 0 Å². The van der Waals surface area contributed by atoms with Crippen LogP contribution < -0.4 is 10.1 Å². The molecule has 2 rings (SSSR count). The van der Waals surface area contributed by atoms with Crippen LogP contribution in [0.2, 0.25) is 5.02 Å². The molecule has 0 aliphatic heterocycles. The van der Waals surface area contributed by atoms with Gasteiger partial charge in [-0.05, 0) is 49.4 Å². The minimum absolute atomic E-state index is 0.170. The molecular weight excluding hydrogens is 286 g/mol. The summed E-state index contributed by atoms with van der Waals surface area (Å²) in [6, 6.07) is 12.8. The Labute approximate surface area is 130 Å². The number of phenols is 1. The molecule has 0 aliphatic carbocycles. The van der Waals surface area contributed by atoms with Gasteiger partial charge in [-0.25, -0.2) is 0 Å². The Hall–Kier alpha value is -1.71. The van der Waals surface area contributed by atoms with Crippen molar-refractivity contribution >= 4 is 11.6 Å². The quantitative estimate of drug-likeness (QED) is 0.836. The Morgan fingerprint density at radius 2 is 1.90 bits per heavy atom. The van der Waals surface area contributed by atoms with Gasteiger partial charge in [0.1, 0.15) is 18.1 Å². The topological polar surface area (TPSA) is 41.5 Å². The summed E-state index contributed by atoms with van der Waals surface area (Å²) < 4.78 is 5.91. The molecule has 3 nitrogen and oxygen atoms in total. The SMILES string of the molecule is CCNC(C)c1cc(Cl)ccc1OCc1ccc(O)cc1. The molecule has 2 aromatic carbocycles. The van der Waals surface area contributed by atoms with Crippen molar-refractivity contribution in [2.75, 3.05) is 6.54 Å². The number of rotatable bonds is 6. The first-order valence-electron chi connectivity index (χ1n) is 7.03. The van der Waals surface area contributed by atoms with E-state index >= 15 is 0 Å². The van der Waals surface area contributed by atoms with Crippen LogP contribution in [-0.2, 0) is 6.61 Å². The van der Waals surface area contributed by atoms with Crippen molar-refractivity contribution in [3.05, 3.63) is 58.6 Å². The summed E-state index contributed by atoms with van der Waals surface area (Å²) in [5, 5.41) is 13.3. The fourth-order valence-electron chi connectivity index (χ4n) is 2.16. The van der Waals surface area contributed by atoms with E-state index in [1.807, 2.05) is 30.3 Å². The van der Waals surface area contributed by atoms with Gasteiger partial charge in [-0.15, -0.1) is 0 Å². The molecule has 2 aromatic rings. The molecule has 0 fully saturated rings. The molecule has 0 spiro atoms. The van der Waals surface area contributed by atoms with Gasteiger partial charge in [0, 0.05) is 16.6 Å². The molecule has 0 saturated carbocycles. The monoisotopic (exact) mass is 305 g/mol. The predicted octanol–water partition coefficient (Wildman–Crippen LogP) is 4.30. The van der Waals surface area contributed by atoms with Gasteiger partial charge in [-0.2, -0.15) is 0 Å². The van der Waals surface area contributed by atoms with E-state index in [0.29, 0.717) is 11.6 Å². The zero-order valence-corrected chi connectivity index (χ0v) is 13.0. The second-order valence-electron chi connectivity index (χ2n) is 4.92. The van der Waals surface area contributed by atoms with Crippen LogP contribution in [0.25, 0.3) is 0 Å². The summed E-state index contributed by atoms with van der Waals surface area (Å²) in [5.41, 5.74) is 2.05. The molecule has 0 aromatic heterocycles. The predicted molar refractivity (Wildman–Crippen MR) is 86.0 cm³/mol. The molecule has 2 N–H and O–H groups in total. The van der Waals surface area contributed by atoms with E-state index in [2.05, 4.69) is 19.2 Å². The molecule has 0 aliphatic rings. The van der Waals surface area contributed by atoms with E-state index in [1.165, 1.54) is 0 Å². The van der Waals surface area contributed by atoms with Crippen LogP contribution in [0.4, 0.5) is 0 Å². The fraction of sp³-hybridized carbons (Fsp3) is 0.294. The van der Waals surface area contributed by atoms with Crippen molar-refractivity contribution in [3.8, 4) is 11.5 Å². The highest BCUT2D eigenvalue weighted by atomic mass is 35.5. The van der Waals surface area contributed by atoms with Gasteiger partial charge in [-0.1, -0.05) is 30.7 Å². The molecule has 112 valence electrons. The highest BCUT2D eigenvalue weighted by Gasteiger charge is 2.11. The molecule has 1 unspecified atom stereocenters. The first-order valence-corrected chi connectivity index (χ1v) is 7.41. The van der Waals surface area contributed by atoms with Crippen LogP contribution in [0.1, 0.15) is 31.0 Å². The summed E-state index contributed by atoms with van der Waals surface area (Å²) >= 11 is 6.08. The smallest absolute Gasteiger partial charge is 0.124 e. The van der Waals surface area contributed by atoms with Gasteiger partial charge >= 0.3 is 0 Å². The van der Waals surface area contributed by atoms with E-state index in [-0.39, 0.29) is 11.8 Å². The first kappa shape index (κ1) is 15.7. The Kier molecular flexibility index (Phi) is 5.48. The molecule has 4 heteroatoms. The maximum atomic E-state index is 9.28. The van der Waals surface area contributed by atoms with Gasteiger partial charge in [0.2, 0.25) is 0 Å². The van der Waals surface area contributed by atoms with Crippen LogP contribution in [0, 0.1) is 0 Å². The Balaban J connectivity index is 2.13. The molecule has 21 heavy (non-hydrogen) atoms. The van der Waals surface area contributed by atoms with E-state index in [9.17, 15) is 5.11 Å². The van der Waals surface area contributed by atoms with Gasteiger partial charge in [0.25, 0.3) is 0 Å². The maximum absolute atomic E-state index is 9.28. The summed E-state index contributed by atoms with van der Waals surface area (Å²) in [6.45, 7) is 5.49. The summed E-state index contributed by atoms with van der Waals surface area (Å²) in [6.07, 6.45) is 0. The first-order chi connectivity index (χ1) is 10.1. The van der Waals surface area contributed by atoms with Crippen LogP contribution in [-0.4, -0.2) is 11.7 Å². The molecule has 1 atom stereocenters. The number of hydrogen-bond donors (Lipinski definition) is 2. The summed E-state index contributed by atoms with van der Waals surface area (Å²) in [4.78, 5) is 0. The number of benzene rings is 2. The standard InChI is InChI=1S/C17H20ClNO2/c1-3-19-12(2)16-10-14(18)6-9-17(16)21-11-13-4-7-15(20)8-5-13/h4-10,12,19-20H,3,11H2,1-2H3. The van der Waals surface area contributed by atoms with Crippen LogP contribution in [0.5, 0.6) is 11.5 Å². The zero-order valence-electron chi connectivity index (χ0n) is 12.3. The van der Waals surface area contributed by atoms with Crippen LogP contribution >= 0.6 is 11.6 Å². The van der Waals surface area contributed by atoms with Gasteiger partial charge in [0.05, 0.1) is 0 Å². The number of ether oxygens (including phenoxy) is 1. The Morgan fingerprint density at radius 3 is 2.57 bits per heavy atom. The van der Waals surface area contributed by atoms with E-state index in [1.54, 1.807) is 12.1 Å². The average Bonchev–Trinajstić information content (AvgIpc) is 2.48. The van der Waals surface area contributed by atoms with Gasteiger partial charge < -0.3 is 15.2 Å². The molecule has 0 saturated heterocycles. The minimum atomic E-state index is 0.170. The van der Waals surface area contributed by atoms with E-state index in [4.69, 9.17) is 16.3 Å². The maximum Gasteiger partial charge on any atom is 0.124 e. The van der Waals surface area contributed by atoms with Crippen LogP contribution in [0.15, 0.2) is 42.5 Å². The third-order valence-corrected chi connectivity index (χ3v) is 3.51. The molecule has 0 amide bonds. The van der Waals surface area contributed by atoms with Crippen molar-refractivity contribution < 1.29 is 9.84 Å². The lowest BCUT2D eigenvalue weighted by molar-refractivity contribution is 0.299. The Bertz CT molecular complexity index is 584. The molecule has 0 radical (unpaired) electrons. The molecule has 0 bridgehead atoms. The summed E-state index contributed by atoms with van der Waals surface area (Å²) in [7, 11) is 0. The van der Waals surface area contributed by atoms with Gasteiger partial charge in [-0.3, -0.25) is 0 Å². The van der Waals surface area contributed by atoms with Gasteiger partial charge in [0.15, 0.2) is 0 Å². The second kappa shape index (κ2) is 7.34. The highest BCUT2D eigenvalue weighted by molar-refractivity contribution is 6.30. The fourth-order valence-corrected chi connectivity index (χ4v) is 2.34. The number of halogens is 1. The zero-order chi connectivity index (χ0) is 15.2. The Morgan fingerprint density at radius 1 is 1.19 bits per heavy atom. The van der Waals surface area contributed by atoms with E-state index < -0.39 is 0 Å². The van der Waals surface area contributed by atoms with E-state index in [0.717, 1.165) is 23.4 Å². The summed E-state index contributed by atoms with van der Waals surface area (Å²) in [5.74, 6) is 1.08. The lowest BCUT2D eigenvalue weighted by Crippen LogP contribution is -2.18. The number of phenolic OH excluding ortho intramolecular Hbond substituents is 1. The van der Waals surface area contributed by atoms with Crippen molar-refractivity contribution in [2.24, 2.45) is 0 Å².